The number of urea groups is 1. The van der Waals surface area contributed by atoms with Crippen molar-refractivity contribution in [2.45, 2.75) is 117 Å². The summed E-state index contributed by atoms with van der Waals surface area (Å²) in [6.07, 6.45) is 5.64. The number of nitrogens with one attached hydrogen (secondary N) is 5. The van der Waals surface area contributed by atoms with Crippen molar-refractivity contribution in [2.24, 2.45) is 22.7 Å². The smallest absolute Gasteiger partial charge is 0.315 e. The molecule has 2 saturated carbocycles. The molecule has 3 aliphatic rings. The van der Waals surface area contributed by atoms with E-state index in [0.717, 1.165) is 32.1 Å². The van der Waals surface area contributed by atoms with E-state index in [1.165, 1.54) is 9.80 Å². The first-order valence-electron chi connectivity index (χ1n) is 18.9. The number of benzene rings is 1. The summed E-state index contributed by atoms with van der Waals surface area (Å²) >= 11 is 0. The van der Waals surface area contributed by atoms with Crippen molar-refractivity contribution in [1.82, 2.24) is 36.4 Å². The minimum Gasteiger partial charge on any atom is -0.347 e. The number of piperidine rings is 1. The van der Waals surface area contributed by atoms with Gasteiger partial charge < -0.3 is 36.4 Å². The minimum absolute atomic E-state index is 0.0522. The van der Waals surface area contributed by atoms with Crippen LogP contribution in [-0.4, -0.2) is 103 Å². The lowest BCUT2D eigenvalue weighted by Crippen LogP contribution is -2.61. The van der Waals surface area contributed by atoms with Gasteiger partial charge in [0.15, 0.2) is 0 Å². The third-order valence-electron chi connectivity index (χ3n) is 11.1. The van der Waals surface area contributed by atoms with Crippen molar-refractivity contribution in [3.63, 3.8) is 0 Å². The van der Waals surface area contributed by atoms with Crippen molar-refractivity contribution in [3.8, 4) is 0 Å². The summed E-state index contributed by atoms with van der Waals surface area (Å²) in [5.74, 6) is -4.05. The molecule has 292 valence electrons. The van der Waals surface area contributed by atoms with Gasteiger partial charge in [-0.2, -0.15) is 0 Å². The molecule has 3 fully saturated rings. The number of hydrogen-bond acceptors (Lipinski definition) is 7. The summed E-state index contributed by atoms with van der Waals surface area (Å²) in [5.41, 5.74) is -0.334. The molecule has 7 amide bonds. The van der Waals surface area contributed by atoms with Gasteiger partial charge in [0.05, 0.1) is 12.6 Å². The predicted molar refractivity (Wildman–Crippen MR) is 199 cm³/mol. The van der Waals surface area contributed by atoms with Gasteiger partial charge in [0.25, 0.3) is 5.91 Å². The van der Waals surface area contributed by atoms with E-state index < -0.39 is 65.7 Å². The van der Waals surface area contributed by atoms with Crippen LogP contribution in [0, 0.1) is 22.7 Å². The molecule has 1 aromatic rings. The van der Waals surface area contributed by atoms with Gasteiger partial charge in [-0.05, 0) is 47.5 Å². The number of carbonyl (C=O) groups excluding carboxylic acids is 7. The highest BCUT2D eigenvalue weighted by Crippen LogP contribution is 2.65. The zero-order chi connectivity index (χ0) is 39.2. The minimum atomic E-state index is -1.20. The molecule has 0 radical (unpaired) electrons. The summed E-state index contributed by atoms with van der Waals surface area (Å²) in [6.45, 7) is 11.3. The van der Waals surface area contributed by atoms with Gasteiger partial charge in [-0.1, -0.05) is 97.6 Å². The van der Waals surface area contributed by atoms with Crippen LogP contribution in [0.4, 0.5) is 4.79 Å². The maximum atomic E-state index is 14.3. The summed E-state index contributed by atoms with van der Waals surface area (Å²) in [7, 11) is 3.13. The van der Waals surface area contributed by atoms with Gasteiger partial charge in [0.2, 0.25) is 29.4 Å². The van der Waals surface area contributed by atoms with Crippen LogP contribution in [-0.2, 0) is 28.8 Å². The quantitative estimate of drug-likeness (QED) is 0.182. The normalized spacial score (nSPS) is 22.3. The highest BCUT2D eigenvalue weighted by Gasteiger charge is 2.70. The van der Waals surface area contributed by atoms with Gasteiger partial charge >= 0.3 is 6.03 Å². The second kappa shape index (κ2) is 17.1. The number of nitrogens with zero attached hydrogens (tertiary/aromatic N) is 2. The zero-order valence-corrected chi connectivity index (χ0v) is 32.5. The summed E-state index contributed by atoms with van der Waals surface area (Å²) in [4.78, 5) is 96.6. The Morgan fingerprint density at radius 2 is 1.57 bits per heavy atom. The molecule has 53 heavy (non-hydrogen) atoms. The molecule has 0 spiro atoms. The summed E-state index contributed by atoms with van der Waals surface area (Å²) in [5, 5.41) is 13.7. The molecule has 1 heterocycles. The van der Waals surface area contributed by atoms with E-state index in [1.54, 1.807) is 44.4 Å². The van der Waals surface area contributed by atoms with Gasteiger partial charge in [-0.25, -0.2) is 4.79 Å². The summed E-state index contributed by atoms with van der Waals surface area (Å²) < 4.78 is 0. The largest absolute Gasteiger partial charge is 0.347 e. The second-order valence-electron chi connectivity index (χ2n) is 16.7. The lowest BCUT2D eigenvalue weighted by molar-refractivity contribution is -0.145. The fourth-order valence-corrected chi connectivity index (χ4v) is 7.86. The van der Waals surface area contributed by atoms with Crippen LogP contribution in [0.1, 0.15) is 98.1 Å². The molecule has 4 rings (SSSR count). The van der Waals surface area contributed by atoms with Crippen LogP contribution in [0.5, 0.6) is 0 Å². The number of fused-ring (bicyclic) bond motifs is 1. The van der Waals surface area contributed by atoms with Crippen LogP contribution in [0.15, 0.2) is 30.3 Å². The molecule has 14 nitrogen and oxygen atoms in total. The Labute approximate surface area is 313 Å². The Morgan fingerprint density at radius 3 is 2.15 bits per heavy atom. The van der Waals surface area contributed by atoms with E-state index in [0.29, 0.717) is 18.5 Å². The molecule has 1 saturated heterocycles. The molecule has 1 aromatic carbocycles. The number of ketones is 1. The predicted octanol–water partition coefficient (Wildman–Crippen LogP) is 2.43. The van der Waals surface area contributed by atoms with Gasteiger partial charge in [0.1, 0.15) is 18.1 Å². The number of carbonyl (C=O) groups is 7. The Hall–Kier alpha value is -4.49. The van der Waals surface area contributed by atoms with E-state index in [9.17, 15) is 33.6 Å². The fourth-order valence-electron chi connectivity index (χ4n) is 7.86. The maximum Gasteiger partial charge on any atom is 0.315 e. The first kappa shape index (κ1) is 41.3. The number of Topliss-reactive ketones (excluding diaryl/α,β-unsaturated/α-hetero) is 1. The first-order chi connectivity index (χ1) is 24.9. The van der Waals surface area contributed by atoms with Gasteiger partial charge in [-0.15, -0.1) is 0 Å². The number of rotatable bonds is 14. The van der Waals surface area contributed by atoms with Crippen LogP contribution >= 0.6 is 0 Å². The SMILES string of the molecule is CCCC(NC(=O)[C@@H]1C2C(CN1C(=O)[C@@H](NC(=O)NC1CCCCC1)C(C)(C)C)C2(C)C)C(=O)C(=O)NCC(=O)N[C@H](C(=O)N(C)C)c1ccccc1. The second-order valence-corrected chi connectivity index (χ2v) is 16.7. The molecule has 1 aliphatic heterocycles. The van der Waals surface area contributed by atoms with E-state index in [1.807, 2.05) is 41.5 Å². The zero-order valence-electron chi connectivity index (χ0n) is 32.5. The first-order valence-corrected chi connectivity index (χ1v) is 18.9. The van der Waals surface area contributed by atoms with Crippen molar-refractivity contribution in [2.75, 3.05) is 27.2 Å². The molecule has 5 N–H and O–H groups in total. The molecule has 14 heteroatoms. The molecule has 2 aliphatic carbocycles. The van der Waals surface area contributed by atoms with Crippen molar-refractivity contribution in [3.05, 3.63) is 35.9 Å². The number of hydrogen-bond donors (Lipinski definition) is 5. The Balaban J connectivity index is 1.43. The monoisotopic (exact) mass is 737 g/mol. The average Bonchev–Trinajstić information content (AvgIpc) is 3.41. The van der Waals surface area contributed by atoms with Gasteiger partial charge in [-0.3, -0.25) is 28.8 Å². The number of amides is 7. The Kier molecular flexibility index (Phi) is 13.3. The average molecular weight is 738 g/mol. The third kappa shape index (κ3) is 9.94. The number of likely N-dealkylation sites (N-methyl/N-ethyl adjacent to an activating group) is 1. The molecule has 0 aromatic heterocycles. The van der Waals surface area contributed by atoms with Crippen LogP contribution in [0.2, 0.25) is 0 Å². The third-order valence-corrected chi connectivity index (χ3v) is 11.1. The molecule has 6 atom stereocenters. The highest BCUT2D eigenvalue weighted by atomic mass is 16.2. The maximum absolute atomic E-state index is 14.3. The molecule has 3 unspecified atom stereocenters. The van der Waals surface area contributed by atoms with Crippen LogP contribution < -0.4 is 26.6 Å². The van der Waals surface area contributed by atoms with E-state index >= 15 is 0 Å². The summed E-state index contributed by atoms with van der Waals surface area (Å²) in [6, 6.07) is 4.29. The molecular weight excluding hydrogens is 678 g/mol. The van der Waals surface area contributed by atoms with E-state index in [-0.39, 0.29) is 41.5 Å². The van der Waals surface area contributed by atoms with Crippen molar-refractivity contribution in [1.29, 1.82) is 0 Å². The number of likely N-dealkylation sites (tertiary alicyclic amines) is 1. The van der Waals surface area contributed by atoms with E-state index in [2.05, 4.69) is 26.6 Å². The molecular formula is C39H59N7O7. The Morgan fingerprint density at radius 1 is 0.925 bits per heavy atom. The van der Waals surface area contributed by atoms with Gasteiger partial charge in [0, 0.05) is 26.7 Å². The Bertz CT molecular complexity index is 1530. The van der Waals surface area contributed by atoms with Crippen molar-refractivity contribution >= 4 is 41.4 Å². The standard InChI is InChI=1S/C39H59N7O7/c1-9-16-26(31(48)34(50)40-21-27(47)43-29(35(51)45(7)8)23-17-12-10-13-18-23)42-33(49)30-28-25(39(28,5)6)22-46(30)36(52)32(38(2,3)4)44-37(53)41-24-19-14-11-15-20-24/h10,12-13,17-18,24-26,28-30,32H,9,11,14-16,19-22H2,1-8H3,(H,40,50)(H,42,49)(H,43,47)(H2,41,44,53)/t25?,26?,28?,29-,30-,32+/m0/s1. The molecule has 0 bridgehead atoms. The van der Waals surface area contributed by atoms with Crippen molar-refractivity contribution < 1.29 is 33.6 Å². The van der Waals surface area contributed by atoms with Crippen LogP contribution in [0.25, 0.3) is 0 Å². The van der Waals surface area contributed by atoms with Crippen LogP contribution in [0.3, 0.4) is 0 Å². The fraction of sp³-hybridized carbons (Fsp3) is 0.667. The van der Waals surface area contributed by atoms with E-state index in [4.69, 9.17) is 0 Å². The lowest BCUT2D eigenvalue weighted by atomic mass is 9.85. The highest BCUT2D eigenvalue weighted by molar-refractivity contribution is 6.38. The lowest BCUT2D eigenvalue weighted by Gasteiger charge is -2.38. The topological polar surface area (TPSA) is 186 Å².